The zero-order chi connectivity index (χ0) is 14.7. The lowest BCUT2D eigenvalue weighted by Gasteiger charge is -2.05. The van der Waals surface area contributed by atoms with Crippen LogP contribution in [0.25, 0.3) is 0 Å². The summed E-state index contributed by atoms with van der Waals surface area (Å²) in [5.41, 5.74) is 0.363. The number of aromatic nitrogens is 1. The monoisotopic (exact) mass is 335 g/mol. The average molecular weight is 336 g/mol. The summed E-state index contributed by atoms with van der Waals surface area (Å²) in [5, 5.41) is 23.4. The molecular formula is C12H6BrN3O4. The van der Waals surface area contributed by atoms with Gasteiger partial charge in [-0.1, -0.05) is 21.1 Å². The number of nitriles is 1. The second-order valence-corrected chi connectivity index (χ2v) is 4.55. The molecule has 2 rings (SSSR count). The number of hydrogen-bond donors (Lipinski definition) is 2. The van der Waals surface area contributed by atoms with Gasteiger partial charge in [0.15, 0.2) is 5.69 Å². The van der Waals surface area contributed by atoms with Crippen molar-refractivity contribution in [2.75, 3.05) is 5.32 Å². The van der Waals surface area contributed by atoms with Crippen LogP contribution in [0.2, 0.25) is 0 Å². The molecule has 0 aliphatic heterocycles. The lowest BCUT2D eigenvalue weighted by atomic mass is 10.2. The van der Waals surface area contributed by atoms with Crippen LogP contribution in [0.4, 0.5) is 5.69 Å². The van der Waals surface area contributed by atoms with Crippen molar-refractivity contribution in [3.05, 3.63) is 45.8 Å². The van der Waals surface area contributed by atoms with Gasteiger partial charge in [0.25, 0.3) is 5.91 Å². The zero-order valence-electron chi connectivity index (χ0n) is 9.75. The predicted molar refractivity (Wildman–Crippen MR) is 70.3 cm³/mol. The number of aromatic carboxylic acids is 1. The van der Waals surface area contributed by atoms with Gasteiger partial charge in [-0.2, -0.15) is 5.26 Å². The van der Waals surface area contributed by atoms with Crippen molar-refractivity contribution in [2.24, 2.45) is 0 Å². The van der Waals surface area contributed by atoms with Gasteiger partial charge in [0, 0.05) is 10.5 Å². The van der Waals surface area contributed by atoms with Gasteiger partial charge in [0.1, 0.15) is 6.07 Å². The molecule has 0 aliphatic rings. The van der Waals surface area contributed by atoms with Gasteiger partial charge in [-0.05, 0) is 18.2 Å². The van der Waals surface area contributed by atoms with Crippen LogP contribution in [0.1, 0.15) is 26.6 Å². The second kappa shape index (κ2) is 5.54. The number of carbonyl (C=O) groups is 2. The van der Waals surface area contributed by atoms with E-state index >= 15 is 0 Å². The first kappa shape index (κ1) is 13.8. The Labute approximate surface area is 120 Å². The molecule has 2 N–H and O–H groups in total. The highest BCUT2D eigenvalue weighted by Crippen LogP contribution is 2.21. The minimum absolute atomic E-state index is 0.189. The van der Waals surface area contributed by atoms with Crippen LogP contribution in [0.3, 0.4) is 0 Å². The van der Waals surface area contributed by atoms with E-state index in [-0.39, 0.29) is 16.9 Å². The molecular weight excluding hydrogens is 330 g/mol. The lowest BCUT2D eigenvalue weighted by Crippen LogP contribution is -2.13. The van der Waals surface area contributed by atoms with Crippen LogP contribution in [0, 0.1) is 11.3 Å². The summed E-state index contributed by atoms with van der Waals surface area (Å²) in [5.74, 6) is -2.43. The Hall–Kier alpha value is -2.66. The molecule has 1 heterocycles. The average Bonchev–Trinajstić information content (AvgIpc) is 2.89. The topological polar surface area (TPSA) is 116 Å². The fourth-order valence-corrected chi connectivity index (χ4v) is 1.75. The number of nitrogens with zero attached hydrogens (tertiary/aromatic N) is 2. The van der Waals surface area contributed by atoms with Crippen LogP contribution < -0.4 is 5.32 Å². The van der Waals surface area contributed by atoms with E-state index in [1.165, 1.54) is 6.07 Å². The largest absolute Gasteiger partial charge is 0.475 e. The molecule has 100 valence electrons. The summed E-state index contributed by atoms with van der Waals surface area (Å²) in [6, 6.07) is 7.67. The molecule has 0 atom stereocenters. The van der Waals surface area contributed by atoms with Crippen LogP contribution in [0.5, 0.6) is 0 Å². The van der Waals surface area contributed by atoms with Crippen molar-refractivity contribution in [3.8, 4) is 6.07 Å². The number of benzene rings is 1. The zero-order valence-corrected chi connectivity index (χ0v) is 11.3. The van der Waals surface area contributed by atoms with Crippen LogP contribution >= 0.6 is 15.9 Å². The van der Waals surface area contributed by atoms with Crippen molar-refractivity contribution in [2.45, 2.75) is 0 Å². The number of nitrogens with one attached hydrogen (secondary N) is 1. The fraction of sp³-hybridized carbons (Fsp3) is 0. The molecule has 0 saturated heterocycles. The Bertz CT molecular complexity index is 733. The van der Waals surface area contributed by atoms with E-state index < -0.39 is 17.6 Å². The van der Waals surface area contributed by atoms with E-state index in [1.54, 1.807) is 12.1 Å². The molecule has 0 fully saturated rings. The summed E-state index contributed by atoms with van der Waals surface area (Å²) >= 11 is 3.22. The van der Waals surface area contributed by atoms with Gasteiger partial charge in [0.2, 0.25) is 5.76 Å². The van der Waals surface area contributed by atoms with E-state index in [1.807, 2.05) is 6.07 Å². The van der Waals surface area contributed by atoms with E-state index in [2.05, 4.69) is 30.9 Å². The van der Waals surface area contributed by atoms with Gasteiger partial charge < -0.3 is 14.9 Å². The molecule has 0 spiro atoms. The molecule has 0 radical (unpaired) electrons. The van der Waals surface area contributed by atoms with Crippen molar-refractivity contribution in [1.29, 1.82) is 5.26 Å². The highest BCUT2D eigenvalue weighted by molar-refractivity contribution is 9.10. The van der Waals surface area contributed by atoms with Crippen molar-refractivity contribution < 1.29 is 19.2 Å². The molecule has 0 bridgehead atoms. The third kappa shape index (κ3) is 2.84. The van der Waals surface area contributed by atoms with Gasteiger partial charge >= 0.3 is 5.97 Å². The van der Waals surface area contributed by atoms with Gasteiger partial charge in [-0.15, -0.1) is 0 Å². The molecule has 1 aromatic heterocycles. The maximum Gasteiger partial charge on any atom is 0.374 e. The number of rotatable bonds is 3. The van der Waals surface area contributed by atoms with E-state index in [0.717, 1.165) is 6.07 Å². The first-order valence-corrected chi connectivity index (χ1v) is 6.01. The number of carboxylic acid groups (broad SMARTS) is 1. The third-order valence-corrected chi connectivity index (χ3v) is 2.80. The SMILES string of the molecule is N#Cc1ccc(Br)cc1NC(=O)c1cc(C(=O)O)on1. The number of carboxylic acids is 1. The van der Waals surface area contributed by atoms with Gasteiger partial charge in [-0.3, -0.25) is 4.79 Å². The summed E-state index contributed by atoms with van der Waals surface area (Å²) in [7, 11) is 0. The first-order valence-electron chi connectivity index (χ1n) is 5.22. The molecule has 1 aromatic carbocycles. The first-order chi connectivity index (χ1) is 9.51. The Morgan fingerprint density at radius 2 is 2.15 bits per heavy atom. The fourth-order valence-electron chi connectivity index (χ4n) is 1.39. The minimum Gasteiger partial charge on any atom is -0.475 e. The molecule has 20 heavy (non-hydrogen) atoms. The van der Waals surface area contributed by atoms with E-state index in [9.17, 15) is 9.59 Å². The molecule has 8 heteroatoms. The molecule has 2 aromatic rings. The predicted octanol–water partition coefficient (Wildman–Crippen LogP) is 2.26. The maximum atomic E-state index is 11.9. The Balaban J connectivity index is 2.25. The molecule has 1 amide bonds. The molecule has 0 aliphatic carbocycles. The van der Waals surface area contributed by atoms with Crippen molar-refractivity contribution in [3.63, 3.8) is 0 Å². The number of halogens is 1. The third-order valence-electron chi connectivity index (χ3n) is 2.30. The highest BCUT2D eigenvalue weighted by atomic mass is 79.9. The smallest absolute Gasteiger partial charge is 0.374 e. The summed E-state index contributed by atoms with van der Waals surface area (Å²) < 4.78 is 5.16. The van der Waals surface area contributed by atoms with Crippen LogP contribution in [-0.4, -0.2) is 22.1 Å². The van der Waals surface area contributed by atoms with E-state index in [0.29, 0.717) is 4.47 Å². The minimum atomic E-state index is -1.32. The summed E-state index contributed by atoms with van der Waals surface area (Å²) in [6.45, 7) is 0. The van der Waals surface area contributed by atoms with Gasteiger partial charge in [0.05, 0.1) is 11.3 Å². The van der Waals surface area contributed by atoms with Crippen molar-refractivity contribution in [1.82, 2.24) is 5.16 Å². The van der Waals surface area contributed by atoms with Gasteiger partial charge in [-0.25, -0.2) is 4.79 Å². The number of anilines is 1. The number of hydrogen-bond acceptors (Lipinski definition) is 5. The molecule has 0 unspecified atom stereocenters. The quantitative estimate of drug-likeness (QED) is 0.888. The lowest BCUT2D eigenvalue weighted by molar-refractivity contribution is 0.0651. The number of carbonyl (C=O) groups excluding carboxylic acids is 1. The van der Waals surface area contributed by atoms with Crippen LogP contribution in [-0.2, 0) is 0 Å². The standard InChI is InChI=1S/C12H6BrN3O4/c13-7-2-1-6(5-14)8(3-7)15-11(17)9-4-10(12(18)19)20-16-9/h1-4H,(H,15,17)(H,18,19). The number of amides is 1. The summed E-state index contributed by atoms with van der Waals surface area (Å²) in [4.78, 5) is 22.5. The van der Waals surface area contributed by atoms with Crippen molar-refractivity contribution >= 4 is 33.5 Å². The Morgan fingerprint density at radius 3 is 2.75 bits per heavy atom. The molecule has 0 saturated carbocycles. The normalized spacial score (nSPS) is 9.80. The maximum absolute atomic E-state index is 11.9. The Morgan fingerprint density at radius 1 is 1.40 bits per heavy atom. The second-order valence-electron chi connectivity index (χ2n) is 3.64. The highest BCUT2D eigenvalue weighted by Gasteiger charge is 2.17. The van der Waals surface area contributed by atoms with Crippen LogP contribution in [0.15, 0.2) is 33.3 Å². The molecule has 7 nitrogen and oxygen atoms in total. The Kier molecular flexibility index (Phi) is 3.81. The summed E-state index contributed by atoms with van der Waals surface area (Å²) in [6.07, 6.45) is 0. The van der Waals surface area contributed by atoms with E-state index in [4.69, 9.17) is 10.4 Å².